The number of pyridine rings is 1. The number of carbonyl (C=O) groups excluding carboxylic acids is 2. The van der Waals surface area contributed by atoms with Gasteiger partial charge in [-0.1, -0.05) is 6.07 Å². The number of nitrogens with one attached hydrogen (secondary N) is 1. The van der Waals surface area contributed by atoms with Gasteiger partial charge in [-0.15, -0.1) is 0 Å². The number of benzene rings is 1. The van der Waals surface area contributed by atoms with Crippen molar-refractivity contribution in [3.8, 4) is 5.75 Å². The Kier molecular flexibility index (Phi) is 5.36. The number of aromatic nitrogens is 1. The van der Waals surface area contributed by atoms with Gasteiger partial charge in [0.1, 0.15) is 5.75 Å². The van der Waals surface area contributed by atoms with Crippen LogP contribution in [0.1, 0.15) is 17.3 Å². The molecule has 0 unspecified atom stereocenters. The number of hydrogen-bond acceptors (Lipinski definition) is 5. The quantitative estimate of drug-likeness (QED) is 0.909. The second kappa shape index (κ2) is 7.86. The lowest BCUT2D eigenvalue weighted by Crippen LogP contribution is -2.48. The summed E-state index contributed by atoms with van der Waals surface area (Å²) < 4.78 is 5.17. The molecule has 1 aliphatic heterocycles. The number of rotatable bonds is 4. The van der Waals surface area contributed by atoms with Gasteiger partial charge in [-0.05, 0) is 18.2 Å². The summed E-state index contributed by atoms with van der Waals surface area (Å²) in [4.78, 5) is 32.1. The lowest BCUT2D eigenvalue weighted by molar-refractivity contribution is -0.129. The van der Waals surface area contributed by atoms with E-state index in [-0.39, 0.29) is 11.8 Å². The molecule has 0 saturated carbocycles. The molecule has 1 fully saturated rings. The Morgan fingerprint density at radius 3 is 2.58 bits per heavy atom. The summed E-state index contributed by atoms with van der Waals surface area (Å²) in [5.41, 5.74) is 2.03. The second-order valence-corrected chi connectivity index (χ2v) is 6.11. The van der Waals surface area contributed by atoms with Crippen molar-refractivity contribution < 1.29 is 14.3 Å². The molecule has 0 spiro atoms. The van der Waals surface area contributed by atoms with Crippen LogP contribution in [-0.2, 0) is 4.79 Å². The van der Waals surface area contributed by atoms with Crippen molar-refractivity contribution in [2.45, 2.75) is 6.92 Å². The van der Waals surface area contributed by atoms with Crippen LogP contribution >= 0.6 is 0 Å². The zero-order valence-corrected chi connectivity index (χ0v) is 14.9. The predicted octanol–water partition coefficient (Wildman–Crippen LogP) is 2.01. The first-order valence-corrected chi connectivity index (χ1v) is 8.48. The predicted molar refractivity (Wildman–Crippen MR) is 99.7 cm³/mol. The van der Waals surface area contributed by atoms with Gasteiger partial charge in [-0.2, -0.15) is 0 Å². The van der Waals surface area contributed by atoms with Gasteiger partial charge in [0.15, 0.2) is 0 Å². The number of nitrogens with zero attached hydrogens (tertiary/aromatic N) is 3. The summed E-state index contributed by atoms with van der Waals surface area (Å²) in [5, 5.41) is 2.85. The normalized spacial score (nSPS) is 14.1. The molecule has 1 aromatic heterocycles. The highest BCUT2D eigenvalue weighted by atomic mass is 16.5. The molecule has 7 nitrogen and oxygen atoms in total. The van der Waals surface area contributed by atoms with Crippen molar-refractivity contribution in [1.29, 1.82) is 0 Å². The van der Waals surface area contributed by atoms with Crippen molar-refractivity contribution in [3.63, 3.8) is 0 Å². The minimum absolute atomic E-state index is 0.0918. The third kappa shape index (κ3) is 4.11. The molecule has 3 rings (SSSR count). The molecular weight excluding hydrogens is 332 g/mol. The summed E-state index contributed by atoms with van der Waals surface area (Å²) in [6, 6.07) is 9.02. The maximum Gasteiger partial charge on any atom is 0.257 e. The Morgan fingerprint density at radius 2 is 1.88 bits per heavy atom. The molecule has 7 heteroatoms. The van der Waals surface area contributed by atoms with Gasteiger partial charge >= 0.3 is 0 Å². The summed E-state index contributed by atoms with van der Waals surface area (Å²) in [5.74, 6) is 0.544. The lowest BCUT2D eigenvalue weighted by Gasteiger charge is -2.35. The van der Waals surface area contributed by atoms with Crippen LogP contribution in [0.5, 0.6) is 5.75 Å². The zero-order valence-electron chi connectivity index (χ0n) is 14.9. The van der Waals surface area contributed by atoms with Crippen LogP contribution in [0.4, 0.5) is 11.4 Å². The highest BCUT2D eigenvalue weighted by Gasteiger charge is 2.19. The van der Waals surface area contributed by atoms with E-state index in [1.165, 1.54) is 0 Å². The summed E-state index contributed by atoms with van der Waals surface area (Å²) in [6.07, 6.45) is 3.29. The number of amides is 2. The fourth-order valence-corrected chi connectivity index (χ4v) is 2.91. The minimum Gasteiger partial charge on any atom is -0.497 e. The number of hydrogen-bond donors (Lipinski definition) is 1. The Morgan fingerprint density at radius 1 is 1.12 bits per heavy atom. The van der Waals surface area contributed by atoms with Crippen LogP contribution in [0.15, 0.2) is 42.7 Å². The van der Waals surface area contributed by atoms with Gasteiger partial charge in [0, 0.05) is 51.1 Å². The van der Waals surface area contributed by atoms with E-state index < -0.39 is 0 Å². The van der Waals surface area contributed by atoms with Crippen LogP contribution in [0.3, 0.4) is 0 Å². The molecule has 1 aromatic carbocycles. The number of ether oxygens (including phenoxy) is 1. The Labute approximate surface area is 152 Å². The molecule has 0 aliphatic carbocycles. The van der Waals surface area contributed by atoms with Gasteiger partial charge < -0.3 is 19.9 Å². The molecular formula is C19H22N4O3. The summed E-state index contributed by atoms with van der Waals surface area (Å²) in [7, 11) is 1.58. The SMILES string of the molecule is COc1cccc(NC(=O)c2cncc(N3CCN(C(C)=O)CC3)c2)c1. The monoisotopic (exact) mass is 354 g/mol. The highest BCUT2D eigenvalue weighted by molar-refractivity contribution is 6.04. The number of piperazine rings is 1. The second-order valence-electron chi connectivity index (χ2n) is 6.11. The molecule has 0 atom stereocenters. The third-order valence-corrected chi connectivity index (χ3v) is 4.40. The molecule has 1 aliphatic rings. The van der Waals surface area contributed by atoms with Crippen molar-refractivity contribution >= 4 is 23.2 Å². The zero-order chi connectivity index (χ0) is 18.5. The molecule has 136 valence electrons. The van der Waals surface area contributed by atoms with Gasteiger partial charge in [0.05, 0.1) is 24.6 Å². The average molecular weight is 354 g/mol. The van der Waals surface area contributed by atoms with Crippen molar-refractivity contribution in [2.75, 3.05) is 43.5 Å². The molecule has 2 aromatic rings. The Bertz CT molecular complexity index is 801. The van der Waals surface area contributed by atoms with E-state index in [1.54, 1.807) is 38.6 Å². The molecule has 0 radical (unpaired) electrons. The lowest BCUT2D eigenvalue weighted by atomic mass is 10.2. The maximum atomic E-state index is 12.5. The first-order valence-electron chi connectivity index (χ1n) is 8.48. The van der Waals surface area contributed by atoms with E-state index in [0.717, 1.165) is 18.8 Å². The van der Waals surface area contributed by atoms with Crippen molar-refractivity contribution in [1.82, 2.24) is 9.88 Å². The van der Waals surface area contributed by atoms with Gasteiger partial charge in [0.2, 0.25) is 5.91 Å². The van der Waals surface area contributed by atoms with E-state index >= 15 is 0 Å². The highest BCUT2D eigenvalue weighted by Crippen LogP contribution is 2.20. The fraction of sp³-hybridized carbons (Fsp3) is 0.316. The van der Waals surface area contributed by atoms with E-state index in [4.69, 9.17) is 4.74 Å². The van der Waals surface area contributed by atoms with Crippen molar-refractivity contribution in [3.05, 3.63) is 48.3 Å². The molecule has 2 amide bonds. The van der Waals surface area contributed by atoms with E-state index in [0.29, 0.717) is 30.1 Å². The number of carbonyl (C=O) groups is 2. The first kappa shape index (κ1) is 17.7. The molecule has 26 heavy (non-hydrogen) atoms. The molecule has 1 saturated heterocycles. The van der Waals surface area contributed by atoms with Crippen LogP contribution in [0.2, 0.25) is 0 Å². The number of anilines is 2. The smallest absolute Gasteiger partial charge is 0.257 e. The van der Waals surface area contributed by atoms with E-state index in [1.807, 2.05) is 23.1 Å². The summed E-state index contributed by atoms with van der Waals surface area (Å²) in [6.45, 7) is 4.39. The van der Waals surface area contributed by atoms with Gasteiger partial charge in [-0.3, -0.25) is 14.6 Å². The Balaban J connectivity index is 1.68. The van der Waals surface area contributed by atoms with Gasteiger partial charge in [0.25, 0.3) is 5.91 Å². The first-order chi connectivity index (χ1) is 12.6. The fourth-order valence-electron chi connectivity index (χ4n) is 2.91. The average Bonchev–Trinajstić information content (AvgIpc) is 2.68. The summed E-state index contributed by atoms with van der Waals surface area (Å²) >= 11 is 0. The van der Waals surface area contributed by atoms with E-state index in [2.05, 4.69) is 15.2 Å². The van der Waals surface area contributed by atoms with Crippen LogP contribution in [-0.4, -0.2) is 55.0 Å². The molecule has 1 N–H and O–H groups in total. The number of methoxy groups -OCH3 is 1. The largest absolute Gasteiger partial charge is 0.497 e. The standard InChI is InChI=1S/C19H22N4O3/c1-14(24)22-6-8-23(9-7-22)17-10-15(12-20-13-17)19(25)21-16-4-3-5-18(11-16)26-2/h3-5,10-13H,6-9H2,1-2H3,(H,21,25). The maximum absolute atomic E-state index is 12.5. The third-order valence-electron chi connectivity index (χ3n) is 4.40. The van der Waals surface area contributed by atoms with Crippen LogP contribution < -0.4 is 15.0 Å². The molecule has 0 bridgehead atoms. The minimum atomic E-state index is -0.227. The van der Waals surface area contributed by atoms with Crippen LogP contribution in [0.25, 0.3) is 0 Å². The topological polar surface area (TPSA) is 74.8 Å². The Hall–Kier alpha value is -3.09. The van der Waals surface area contributed by atoms with Crippen molar-refractivity contribution in [2.24, 2.45) is 0 Å². The van der Waals surface area contributed by atoms with Gasteiger partial charge in [-0.25, -0.2) is 0 Å². The molecule has 2 heterocycles. The van der Waals surface area contributed by atoms with Crippen LogP contribution in [0, 0.1) is 0 Å². The van der Waals surface area contributed by atoms with E-state index in [9.17, 15) is 9.59 Å².